The SMILES string of the molecule is CC(C)CC(=O)C1CC2CNCC2C1. The van der Waals surface area contributed by atoms with Crippen molar-refractivity contribution in [2.75, 3.05) is 13.1 Å². The van der Waals surface area contributed by atoms with Crippen LogP contribution in [0.5, 0.6) is 0 Å². The topological polar surface area (TPSA) is 29.1 Å². The van der Waals surface area contributed by atoms with Crippen molar-refractivity contribution in [3.05, 3.63) is 0 Å². The van der Waals surface area contributed by atoms with Crippen molar-refractivity contribution in [1.82, 2.24) is 5.32 Å². The summed E-state index contributed by atoms with van der Waals surface area (Å²) in [5, 5.41) is 3.41. The Morgan fingerprint density at radius 1 is 1.29 bits per heavy atom. The van der Waals surface area contributed by atoms with Gasteiger partial charge in [0, 0.05) is 12.3 Å². The van der Waals surface area contributed by atoms with Gasteiger partial charge >= 0.3 is 0 Å². The summed E-state index contributed by atoms with van der Waals surface area (Å²) in [6.07, 6.45) is 3.10. The number of ketones is 1. The Labute approximate surface area is 86.5 Å². The average molecular weight is 195 g/mol. The first-order chi connectivity index (χ1) is 6.66. The molecular weight excluding hydrogens is 174 g/mol. The normalized spacial score (nSPS) is 36.4. The second-order valence-electron chi connectivity index (χ2n) is 5.41. The van der Waals surface area contributed by atoms with Gasteiger partial charge in [0.1, 0.15) is 5.78 Å². The number of carbonyl (C=O) groups is 1. The number of rotatable bonds is 3. The fourth-order valence-corrected chi connectivity index (χ4v) is 3.00. The molecule has 2 fully saturated rings. The molecule has 0 aromatic heterocycles. The Hall–Kier alpha value is -0.370. The van der Waals surface area contributed by atoms with Gasteiger partial charge in [-0.3, -0.25) is 4.79 Å². The van der Waals surface area contributed by atoms with Gasteiger partial charge < -0.3 is 5.32 Å². The largest absolute Gasteiger partial charge is 0.316 e. The molecule has 14 heavy (non-hydrogen) atoms. The van der Waals surface area contributed by atoms with Crippen LogP contribution in [0.1, 0.15) is 33.1 Å². The first-order valence-electron chi connectivity index (χ1n) is 5.90. The first-order valence-corrected chi connectivity index (χ1v) is 5.90. The van der Waals surface area contributed by atoms with E-state index < -0.39 is 0 Å². The maximum Gasteiger partial charge on any atom is 0.136 e. The van der Waals surface area contributed by atoms with E-state index in [2.05, 4.69) is 19.2 Å². The minimum absolute atomic E-state index is 0.398. The molecule has 80 valence electrons. The van der Waals surface area contributed by atoms with Gasteiger partial charge in [0.05, 0.1) is 0 Å². The molecule has 0 aromatic carbocycles. The highest BCUT2D eigenvalue weighted by molar-refractivity contribution is 5.81. The summed E-state index contributed by atoms with van der Waals surface area (Å²) in [6.45, 7) is 6.57. The summed E-state index contributed by atoms with van der Waals surface area (Å²) in [5.41, 5.74) is 0. The molecule has 0 radical (unpaired) electrons. The highest BCUT2D eigenvalue weighted by atomic mass is 16.1. The van der Waals surface area contributed by atoms with E-state index in [1.807, 2.05) is 0 Å². The summed E-state index contributed by atoms with van der Waals surface area (Å²) >= 11 is 0. The quantitative estimate of drug-likeness (QED) is 0.744. The highest BCUT2D eigenvalue weighted by Crippen LogP contribution is 2.39. The van der Waals surface area contributed by atoms with Crippen molar-refractivity contribution in [1.29, 1.82) is 0 Å². The van der Waals surface area contributed by atoms with E-state index in [1.165, 1.54) is 0 Å². The number of hydrogen-bond acceptors (Lipinski definition) is 2. The minimum Gasteiger partial charge on any atom is -0.316 e. The number of carbonyl (C=O) groups excluding carboxylic acids is 1. The molecular formula is C12H21NO. The summed E-state index contributed by atoms with van der Waals surface area (Å²) in [6, 6.07) is 0. The molecule has 1 N–H and O–H groups in total. The Balaban J connectivity index is 1.86. The monoisotopic (exact) mass is 195 g/mol. The average Bonchev–Trinajstić information content (AvgIpc) is 2.58. The molecule has 1 aliphatic heterocycles. The van der Waals surface area contributed by atoms with Gasteiger partial charge in [-0.15, -0.1) is 0 Å². The van der Waals surface area contributed by atoms with Gasteiger partial charge in [0.2, 0.25) is 0 Å². The van der Waals surface area contributed by atoms with Gasteiger partial charge in [-0.2, -0.15) is 0 Å². The van der Waals surface area contributed by atoms with E-state index in [9.17, 15) is 4.79 Å². The number of hydrogen-bond donors (Lipinski definition) is 1. The maximum absolute atomic E-state index is 11.9. The van der Waals surface area contributed by atoms with Crippen LogP contribution in [0.25, 0.3) is 0 Å². The molecule has 1 saturated carbocycles. The molecule has 2 rings (SSSR count). The second-order valence-corrected chi connectivity index (χ2v) is 5.41. The summed E-state index contributed by atoms with van der Waals surface area (Å²) in [7, 11) is 0. The standard InChI is InChI=1S/C12H21NO/c1-8(2)3-12(14)9-4-10-6-13-7-11(10)5-9/h8-11,13H,3-7H2,1-2H3. The van der Waals surface area contributed by atoms with Crippen molar-refractivity contribution in [3.63, 3.8) is 0 Å². The van der Waals surface area contributed by atoms with Crippen LogP contribution >= 0.6 is 0 Å². The van der Waals surface area contributed by atoms with E-state index in [4.69, 9.17) is 0 Å². The van der Waals surface area contributed by atoms with Gasteiger partial charge in [-0.05, 0) is 43.7 Å². The summed E-state index contributed by atoms with van der Waals surface area (Å²) < 4.78 is 0. The molecule has 0 bridgehead atoms. The van der Waals surface area contributed by atoms with E-state index in [0.717, 1.165) is 44.2 Å². The van der Waals surface area contributed by atoms with Crippen molar-refractivity contribution >= 4 is 5.78 Å². The smallest absolute Gasteiger partial charge is 0.136 e. The predicted molar refractivity (Wildman–Crippen MR) is 57.0 cm³/mol. The molecule has 2 aliphatic rings. The van der Waals surface area contributed by atoms with Crippen LogP contribution in [0, 0.1) is 23.7 Å². The number of Topliss-reactive ketones (excluding diaryl/α,β-unsaturated/α-hetero) is 1. The molecule has 0 spiro atoms. The van der Waals surface area contributed by atoms with Crippen molar-refractivity contribution in [2.45, 2.75) is 33.1 Å². The van der Waals surface area contributed by atoms with Crippen LogP contribution in [0.4, 0.5) is 0 Å². The van der Waals surface area contributed by atoms with Gasteiger partial charge in [-0.1, -0.05) is 13.8 Å². The van der Waals surface area contributed by atoms with Crippen LogP contribution in [-0.2, 0) is 4.79 Å². The lowest BCUT2D eigenvalue weighted by molar-refractivity contribution is -0.123. The Kier molecular flexibility index (Phi) is 2.91. The maximum atomic E-state index is 11.9. The van der Waals surface area contributed by atoms with E-state index >= 15 is 0 Å². The fraction of sp³-hybridized carbons (Fsp3) is 0.917. The molecule has 2 unspecified atom stereocenters. The second kappa shape index (κ2) is 4.01. The van der Waals surface area contributed by atoms with Gasteiger partial charge in [0.25, 0.3) is 0 Å². The molecule has 0 amide bonds. The van der Waals surface area contributed by atoms with Crippen molar-refractivity contribution < 1.29 is 4.79 Å². The van der Waals surface area contributed by atoms with Gasteiger partial charge in [0.15, 0.2) is 0 Å². The zero-order valence-corrected chi connectivity index (χ0v) is 9.25. The lowest BCUT2D eigenvalue weighted by Crippen LogP contribution is -2.18. The lowest BCUT2D eigenvalue weighted by Gasteiger charge is -2.11. The molecule has 2 atom stereocenters. The minimum atomic E-state index is 0.398. The van der Waals surface area contributed by atoms with Crippen LogP contribution in [0.3, 0.4) is 0 Å². The van der Waals surface area contributed by atoms with E-state index in [-0.39, 0.29) is 0 Å². The number of nitrogens with one attached hydrogen (secondary N) is 1. The number of fused-ring (bicyclic) bond motifs is 1. The lowest BCUT2D eigenvalue weighted by atomic mass is 9.94. The molecule has 2 heteroatoms. The van der Waals surface area contributed by atoms with E-state index in [0.29, 0.717) is 17.6 Å². The highest BCUT2D eigenvalue weighted by Gasteiger charge is 2.39. The molecule has 2 nitrogen and oxygen atoms in total. The molecule has 1 saturated heterocycles. The van der Waals surface area contributed by atoms with E-state index in [1.54, 1.807) is 0 Å². The Bertz CT molecular complexity index is 212. The summed E-state index contributed by atoms with van der Waals surface area (Å²) in [4.78, 5) is 11.9. The third-order valence-electron chi connectivity index (χ3n) is 3.72. The zero-order chi connectivity index (χ0) is 10.1. The van der Waals surface area contributed by atoms with Crippen LogP contribution in [0.15, 0.2) is 0 Å². The zero-order valence-electron chi connectivity index (χ0n) is 9.25. The Morgan fingerprint density at radius 3 is 2.36 bits per heavy atom. The third kappa shape index (κ3) is 2.00. The van der Waals surface area contributed by atoms with Crippen LogP contribution < -0.4 is 5.32 Å². The third-order valence-corrected chi connectivity index (χ3v) is 3.72. The molecule has 1 aliphatic carbocycles. The van der Waals surface area contributed by atoms with Crippen LogP contribution in [-0.4, -0.2) is 18.9 Å². The fourth-order valence-electron chi connectivity index (χ4n) is 3.00. The predicted octanol–water partition coefficient (Wildman–Crippen LogP) is 1.85. The van der Waals surface area contributed by atoms with Crippen molar-refractivity contribution in [2.24, 2.45) is 23.7 Å². The molecule has 1 heterocycles. The van der Waals surface area contributed by atoms with Crippen molar-refractivity contribution in [3.8, 4) is 0 Å². The molecule has 0 aromatic rings. The summed E-state index contributed by atoms with van der Waals surface area (Å²) in [5.74, 6) is 3.05. The van der Waals surface area contributed by atoms with Crippen LogP contribution in [0.2, 0.25) is 0 Å². The van der Waals surface area contributed by atoms with Gasteiger partial charge in [-0.25, -0.2) is 0 Å². The Morgan fingerprint density at radius 2 is 1.86 bits per heavy atom. The first kappa shape index (κ1) is 10.2.